The van der Waals surface area contributed by atoms with Crippen molar-refractivity contribution >= 4 is 39.5 Å². The molecule has 35 heavy (non-hydrogen) atoms. The molecule has 1 fully saturated rings. The standard InChI is InChI=1S/C25H21N3O3S.CO2/c1-15-23(27-25(29)30-16(2)18-6-4-3-5-7-18)21(31-28-15)13-9-17-8-12-20-22(14-17)32-24(26-20)19-10-11-19;2-1-3/h3-8,12,14,16,19H,10-11H2,1-2H3,(H,27,29);. The fraction of sp³-hybridized carbons (Fsp3) is 0.231. The summed E-state index contributed by atoms with van der Waals surface area (Å²) in [4.78, 5) is 33.4. The second-order valence-corrected chi connectivity index (χ2v) is 8.96. The summed E-state index contributed by atoms with van der Waals surface area (Å²) in [6.45, 7) is 3.56. The Hall–Kier alpha value is -4.25. The van der Waals surface area contributed by atoms with Crippen molar-refractivity contribution in [2.45, 2.75) is 38.7 Å². The normalized spacial score (nSPS) is 13.0. The molecule has 0 radical (unpaired) electrons. The molecule has 1 aliphatic carbocycles. The Morgan fingerprint density at radius 3 is 2.63 bits per heavy atom. The van der Waals surface area contributed by atoms with Gasteiger partial charge in [0.05, 0.1) is 15.2 Å². The highest BCUT2D eigenvalue weighted by Crippen LogP contribution is 2.43. The van der Waals surface area contributed by atoms with Crippen LogP contribution in [0.2, 0.25) is 0 Å². The number of fused-ring (bicyclic) bond motifs is 1. The van der Waals surface area contributed by atoms with Crippen molar-refractivity contribution in [3.63, 3.8) is 0 Å². The number of carbonyl (C=O) groups excluding carboxylic acids is 3. The zero-order valence-electron chi connectivity index (χ0n) is 19.0. The number of rotatable bonds is 4. The van der Waals surface area contributed by atoms with E-state index in [2.05, 4.69) is 22.3 Å². The van der Waals surface area contributed by atoms with Gasteiger partial charge in [-0.1, -0.05) is 41.4 Å². The van der Waals surface area contributed by atoms with Gasteiger partial charge in [0, 0.05) is 11.5 Å². The zero-order chi connectivity index (χ0) is 24.8. The van der Waals surface area contributed by atoms with Crippen LogP contribution in [0.4, 0.5) is 10.5 Å². The average molecular weight is 488 g/mol. The quantitative estimate of drug-likeness (QED) is 0.373. The minimum atomic E-state index is -0.589. The average Bonchev–Trinajstić information content (AvgIpc) is 3.54. The predicted octanol–water partition coefficient (Wildman–Crippen LogP) is 5.60. The number of ether oxygens (including phenoxy) is 1. The SMILES string of the molecule is Cc1noc(C#Cc2ccc3nc(C4CC4)sc3c2)c1NC(=O)OC(C)c1ccccc1.O=C=O. The number of amides is 1. The monoisotopic (exact) mass is 487 g/mol. The van der Waals surface area contributed by atoms with Crippen LogP contribution in [0.5, 0.6) is 0 Å². The first-order valence-electron chi connectivity index (χ1n) is 10.9. The molecular weight excluding hydrogens is 466 g/mol. The lowest BCUT2D eigenvalue weighted by molar-refractivity contribution is -0.191. The summed E-state index contributed by atoms with van der Waals surface area (Å²) in [7, 11) is 0. The van der Waals surface area contributed by atoms with Crippen LogP contribution < -0.4 is 5.32 Å². The first-order chi connectivity index (χ1) is 17.0. The lowest BCUT2D eigenvalue weighted by atomic mass is 10.1. The van der Waals surface area contributed by atoms with Crippen molar-refractivity contribution < 1.29 is 23.6 Å². The first kappa shape index (κ1) is 23.9. The maximum absolute atomic E-state index is 12.4. The highest BCUT2D eigenvalue weighted by molar-refractivity contribution is 7.18. The molecule has 5 rings (SSSR count). The maximum atomic E-state index is 12.4. The van der Waals surface area contributed by atoms with Crippen LogP contribution in [0.15, 0.2) is 53.1 Å². The molecule has 4 aromatic rings. The Morgan fingerprint density at radius 1 is 1.17 bits per heavy atom. The molecule has 8 nitrogen and oxygen atoms in total. The van der Waals surface area contributed by atoms with Crippen molar-refractivity contribution in [3.05, 3.63) is 76.1 Å². The van der Waals surface area contributed by atoms with Crippen LogP contribution in [0.1, 0.15) is 59.4 Å². The van der Waals surface area contributed by atoms with Gasteiger partial charge in [0.25, 0.3) is 0 Å². The fourth-order valence-electron chi connectivity index (χ4n) is 3.34. The highest BCUT2D eigenvalue weighted by atomic mass is 32.1. The van der Waals surface area contributed by atoms with Crippen LogP contribution in [-0.4, -0.2) is 22.4 Å². The number of benzene rings is 2. The van der Waals surface area contributed by atoms with Gasteiger partial charge in [0.2, 0.25) is 5.76 Å². The lowest BCUT2D eigenvalue weighted by Crippen LogP contribution is -2.16. The number of nitrogens with one attached hydrogen (secondary N) is 1. The number of anilines is 1. The maximum Gasteiger partial charge on any atom is 0.412 e. The van der Waals surface area contributed by atoms with Gasteiger partial charge in [0.1, 0.15) is 17.5 Å². The fourth-order valence-corrected chi connectivity index (χ4v) is 4.52. The molecule has 0 saturated heterocycles. The Labute approximate surface area is 205 Å². The molecule has 176 valence electrons. The van der Waals surface area contributed by atoms with E-state index in [4.69, 9.17) is 23.8 Å². The molecule has 1 unspecified atom stereocenters. The summed E-state index contributed by atoms with van der Waals surface area (Å²) in [5.41, 5.74) is 3.72. The van der Waals surface area contributed by atoms with Crippen LogP contribution in [0.25, 0.3) is 10.2 Å². The van der Waals surface area contributed by atoms with E-state index < -0.39 is 12.2 Å². The van der Waals surface area contributed by atoms with E-state index in [0.717, 1.165) is 21.3 Å². The van der Waals surface area contributed by atoms with E-state index in [0.29, 0.717) is 17.3 Å². The van der Waals surface area contributed by atoms with Gasteiger partial charge < -0.3 is 9.26 Å². The van der Waals surface area contributed by atoms with E-state index in [1.165, 1.54) is 17.8 Å². The Balaban J connectivity index is 0.000000917. The highest BCUT2D eigenvalue weighted by Gasteiger charge is 2.27. The predicted molar refractivity (Wildman–Crippen MR) is 129 cm³/mol. The second kappa shape index (κ2) is 10.8. The molecule has 0 bridgehead atoms. The van der Waals surface area contributed by atoms with Crippen LogP contribution >= 0.6 is 11.3 Å². The molecule has 0 spiro atoms. The molecule has 1 saturated carbocycles. The zero-order valence-corrected chi connectivity index (χ0v) is 19.8. The number of hydrogen-bond acceptors (Lipinski definition) is 8. The first-order valence-corrected chi connectivity index (χ1v) is 11.7. The van der Waals surface area contributed by atoms with Gasteiger partial charge in [-0.15, -0.1) is 11.3 Å². The van der Waals surface area contributed by atoms with Gasteiger partial charge in [0.15, 0.2) is 0 Å². The van der Waals surface area contributed by atoms with Crippen LogP contribution in [-0.2, 0) is 14.3 Å². The Kier molecular flexibility index (Phi) is 7.36. The number of carbonyl (C=O) groups is 1. The van der Waals surface area contributed by atoms with E-state index in [1.54, 1.807) is 18.3 Å². The molecule has 9 heteroatoms. The molecular formula is C26H21N3O5S. The third-order valence-corrected chi connectivity index (χ3v) is 6.48. The number of hydrogen-bond donors (Lipinski definition) is 1. The van der Waals surface area contributed by atoms with Crippen molar-refractivity contribution in [2.75, 3.05) is 5.32 Å². The van der Waals surface area contributed by atoms with E-state index in [1.807, 2.05) is 55.5 Å². The van der Waals surface area contributed by atoms with Gasteiger partial charge in [-0.25, -0.2) is 9.78 Å². The number of nitrogens with zero attached hydrogens (tertiary/aromatic N) is 2. The van der Waals surface area contributed by atoms with Gasteiger partial charge >= 0.3 is 12.2 Å². The molecule has 1 amide bonds. The molecule has 1 atom stereocenters. The topological polar surface area (TPSA) is 111 Å². The number of aryl methyl sites for hydroxylation is 1. The largest absolute Gasteiger partial charge is 0.441 e. The molecule has 2 aromatic carbocycles. The summed E-state index contributed by atoms with van der Waals surface area (Å²) < 4.78 is 11.9. The summed E-state index contributed by atoms with van der Waals surface area (Å²) in [6.07, 6.45) is 1.74. The minimum Gasteiger partial charge on any atom is -0.441 e. The van der Waals surface area contributed by atoms with E-state index >= 15 is 0 Å². The molecule has 2 aromatic heterocycles. The lowest BCUT2D eigenvalue weighted by Gasteiger charge is -2.13. The van der Waals surface area contributed by atoms with Crippen LogP contribution in [0, 0.1) is 18.8 Å². The van der Waals surface area contributed by atoms with Crippen molar-refractivity contribution in [2.24, 2.45) is 0 Å². The molecule has 2 heterocycles. The second-order valence-electron chi connectivity index (χ2n) is 7.90. The third kappa shape index (κ3) is 6.01. The van der Waals surface area contributed by atoms with Crippen molar-refractivity contribution in [1.29, 1.82) is 0 Å². The van der Waals surface area contributed by atoms with Crippen LogP contribution in [0.3, 0.4) is 0 Å². The Bertz CT molecular complexity index is 1440. The number of aromatic nitrogens is 2. The van der Waals surface area contributed by atoms with E-state index in [-0.39, 0.29) is 11.9 Å². The number of thiazole rings is 1. The summed E-state index contributed by atoms with van der Waals surface area (Å²) in [5, 5.41) is 7.88. The van der Waals surface area contributed by atoms with Crippen molar-refractivity contribution in [3.8, 4) is 11.8 Å². The summed E-state index contributed by atoms with van der Waals surface area (Å²) >= 11 is 1.73. The summed E-state index contributed by atoms with van der Waals surface area (Å²) in [5.74, 6) is 7.01. The van der Waals surface area contributed by atoms with Gasteiger partial charge in [-0.2, -0.15) is 9.59 Å². The molecule has 0 aliphatic heterocycles. The van der Waals surface area contributed by atoms with E-state index in [9.17, 15) is 4.79 Å². The molecule has 1 N–H and O–H groups in total. The summed E-state index contributed by atoms with van der Waals surface area (Å²) in [6, 6.07) is 15.5. The molecule has 1 aliphatic rings. The Morgan fingerprint density at radius 2 is 1.91 bits per heavy atom. The van der Waals surface area contributed by atoms with Crippen molar-refractivity contribution in [1.82, 2.24) is 10.1 Å². The van der Waals surface area contributed by atoms with Gasteiger partial charge in [-0.05, 0) is 56.4 Å². The minimum absolute atomic E-state index is 0.250. The van der Waals surface area contributed by atoms with Gasteiger partial charge in [-0.3, -0.25) is 5.32 Å². The third-order valence-electron chi connectivity index (χ3n) is 5.29. The smallest absolute Gasteiger partial charge is 0.412 e.